The van der Waals surface area contributed by atoms with E-state index >= 15 is 0 Å². The second-order valence-electron chi connectivity index (χ2n) is 6.14. The molecule has 1 fully saturated rings. The van der Waals surface area contributed by atoms with Crippen molar-refractivity contribution < 1.29 is 13.2 Å². The summed E-state index contributed by atoms with van der Waals surface area (Å²) in [6.45, 7) is 5.21. The molecular weight excluding hydrogens is 338 g/mol. The molecule has 1 heterocycles. The molecule has 2 aromatic rings. The summed E-state index contributed by atoms with van der Waals surface area (Å²) in [5.41, 5.74) is 3.13. The topological polar surface area (TPSA) is 78.5 Å². The molecule has 0 saturated carbocycles. The quantitative estimate of drug-likeness (QED) is 0.876. The Kier molecular flexibility index (Phi) is 4.67. The van der Waals surface area contributed by atoms with E-state index in [0.717, 1.165) is 11.1 Å². The smallest absolute Gasteiger partial charge is 0.261 e. The van der Waals surface area contributed by atoms with Crippen LogP contribution in [0.3, 0.4) is 0 Å². The Hall–Kier alpha value is -2.54. The van der Waals surface area contributed by atoms with Crippen LogP contribution in [0, 0.1) is 13.8 Å². The van der Waals surface area contributed by atoms with E-state index in [1.807, 2.05) is 30.9 Å². The van der Waals surface area contributed by atoms with Gasteiger partial charge in [0.15, 0.2) is 0 Å². The number of rotatable bonds is 4. The van der Waals surface area contributed by atoms with Crippen molar-refractivity contribution in [3.05, 3.63) is 53.6 Å². The van der Waals surface area contributed by atoms with E-state index < -0.39 is 10.0 Å². The van der Waals surface area contributed by atoms with Crippen LogP contribution in [-0.2, 0) is 14.8 Å². The highest BCUT2D eigenvalue weighted by Gasteiger charge is 2.22. The molecule has 0 aromatic heterocycles. The summed E-state index contributed by atoms with van der Waals surface area (Å²) in [4.78, 5) is 13.7. The molecule has 1 saturated heterocycles. The number of benzene rings is 2. The first-order chi connectivity index (χ1) is 11.9. The van der Waals surface area contributed by atoms with Crippen LogP contribution in [0.25, 0.3) is 0 Å². The number of sulfonamides is 1. The van der Waals surface area contributed by atoms with Crippen molar-refractivity contribution in [2.75, 3.05) is 29.3 Å². The summed E-state index contributed by atoms with van der Waals surface area (Å²) in [7, 11) is -3.70. The monoisotopic (exact) mass is 359 g/mol. The molecule has 3 rings (SSSR count). The van der Waals surface area contributed by atoms with Crippen LogP contribution in [-0.4, -0.2) is 34.0 Å². The van der Waals surface area contributed by atoms with Crippen LogP contribution >= 0.6 is 0 Å². The lowest BCUT2D eigenvalue weighted by molar-refractivity contribution is -0.120. The largest absolute Gasteiger partial charge is 0.359 e. The summed E-state index contributed by atoms with van der Waals surface area (Å²) in [5.74, 6) is -0.0712. The molecule has 0 bridgehead atoms. The summed E-state index contributed by atoms with van der Waals surface area (Å²) in [5, 5.41) is 2.77. The number of piperazine rings is 1. The van der Waals surface area contributed by atoms with Crippen molar-refractivity contribution in [2.45, 2.75) is 18.7 Å². The minimum atomic E-state index is -3.70. The number of aryl methyl sites for hydroxylation is 2. The van der Waals surface area contributed by atoms with Gasteiger partial charge in [0.25, 0.3) is 10.0 Å². The first-order valence-electron chi connectivity index (χ1n) is 8.07. The Balaban J connectivity index is 1.92. The lowest BCUT2D eigenvalue weighted by Crippen LogP contribution is -2.47. The third-order valence-electron chi connectivity index (χ3n) is 4.32. The van der Waals surface area contributed by atoms with Gasteiger partial charge in [-0.15, -0.1) is 0 Å². The van der Waals surface area contributed by atoms with Crippen molar-refractivity contribution in [1.29, 1.82) is 0 Å². The first kappa shape index (κ1) is 17.3. The molecule has 0 atom stereocenters. The Bertz CT molecular complexity index is 910. The van der Waals surface area contributed by atoms with Crippen molar-refractivity contribution in [3.63, 3.8) is 0 Å². The molecule has 0 spiro atoms. The standard InChI is InChI=1S/C18H21N3O3S/c1-13-7-8-15(11-14(13)2)25(23,24)20-16-5-3-4-6-17(16)21-10-9-19-18(22)12-21/h3-8,11,20H,9-10,12H2,1-2H3,(H,19,22). The summed E-state index contributed by atoms with van der Waals surface area (Å²) >= 11 is 0. The maximum absolute atomic E-state index is 12.8. The summed E-state index contributed by atoms with van der Waals surface area (Å²) in [6, 6.07) is 12.2. The molecule has 1 amide bonds. The van der Waals surface area contributed by atoms with E-state index in [1.54, 1.807) is 30.3 Å². The van der Waals surface area contributed by atoms with Crippen LogP contribution in [0.2, 0.25) is 0 Å². The molecule has 6 nitrogen and oxygen atoms in total. The van der Waals surface area contributed by atoms with Crippen LogP contribution < -0.4 is 14.9 Å². The van der Waals surface area contributed by atoms with Crippen molar-refractivity contribution in [2.24, 2.45) is 0 Å². The highest BCUT2D eigenvalue weighted by atomic mass is 32.2. The molecule has 7 heteroatoms. The molecule has 0 radical (unpaired) electrons. The number of amides is 1. The fraction of sp³-hybridized carbons (Fsp3) is 0.278. The zero-order chi connectivity index (χ0) is 18.0. The second kappa shape index (κ2) is 6.76. The van der Waals surface area contributed by atoms with Gasteiger partial charge in [0.1, 0.15) is 0 Å². The van der Waals surface area contributed by atoms with Gasteiger partial charge < -0.3 is 10.2 Å². The third-order valence-corrected chi connectivity index (χ3v) is 5.68. The number of hydrogen-bond acceptors (Lipinski definition) is 4. The fourth-order valence-corrected chi connectivity index (χ4v) is 3.92. The fourth-order valence-electron chi connectivity index (χ4n) is 2.76. The van der Waals surface area contributed by atoms with E-state index in [0.29, 0.717) is 24.5 Å². The average Bonchev–Trinajstić information content (AvgIpc) is 2.57. The number of anilines is 2. The predicted octanol–water partition coefficient (Wildman–Crippen LogP) is 2.04. The van der Waals surface area contributed by atoms with Gasteiger partial charge in [-0.25, -0.2) is 8.42 Å². The lowest BCUT2D eigenvalue weighted by Gasteiger charge is -2.30. The molecule has 132 valence electrons. The zero-order valence-corrected chi connectivity index (χ0v) is 15.1. The van der Waals surface area contributed by atoms with Gasteiger partial charge in [-0.2, -0.15) is 0 Å². The number of hydrogen-bond donors (Lipinski definition) is 2. The number of nitrogens with one attached hydrogen (secondary N) is 2. The molecule has 2 N–H and O–H groups in total. The van der Waals surface area contributed by atoms with E-state index in [9.17, 15) is 13.2 Å². The molecule has 0 aliphatic carbocycles. The van der Waals surface area contributed by atoms with Crippen LogP contribution in [0.5, 0.6) is 0 Å². The minimum Gasteiger partial charge on any atom is -0.359 e. The van der Waals surface area contributed by atoms with Gasteiger partial charge in [-0.05, 0) is 49.2 Å². The maximum Gasteiger partial charge on any atom is 0.261 e. The Labute approximate surface area is 147 Å². The molecule has 1 aliphatic rings. The predicted molar refractivity (Wildman–Crippen MR) is 98.4 cm³/mol. The number of carbonyl (C=O) groups excluding carboxylic acids is 1. The lowest BCUT2D eigenvalue weighted by atomic mass is 10.1. The Morgan fingerprint density at radius 3 is 2.56 bits per heavy atom. The first-order valence-corrected chi connectivity index (χ1v) is 9.56. The second-order valence-corrected chi connectivity index (χ2v) is 7.82. The van der Waals surface area contributed by atoms with Crippen molar-refractivity contribution in [1.82, 2.24) is 5.32 Å². The van der Waals surface area contributed by atoms with Gasteiger partial charge in [-0.3, -0.25) is 9.52 Å². The summed E-state index contributed by atoms with van der Waals surface area (Å²) in [6.07, 6.45) is 0. The van der Waals surface area contributed by atoms with Crippen LogP contribution in [0.4, 0.5) is 11.4 Å². The van der Waals surface area contributed by atoms with E-state index in [4.69, 9.17) is 0 Å². The van der Waals surface area contributed by atoms with Gasteiger partial charge in [-0.1, -0.05) is 18.2 Å². The molecule has 1 aliphatic heterocycles. The van der Waals surface area contributed by atoms with Gasteiger partial charge in [0, 0.05) is 13.1 Å². The highest BCUT2D eigenvalue weighted by Crippen LogP contribution is 2.28. The van der Waals surface area contributed by atoms with Gasteiger partial charge >= 0.3 is 0 Å². The van der Waals surface area contributed by atoms with Crippen LogP contribution in [0.1, 0.15) is 11.1 Å². The van der Waals surface area contributed by atoms with E-state index in [2.05, 4.69) is 10.0 Å². The van der Waals surface area contributed by atoms with Crippen LogP contribution in [0.15, 0.2) is 47.4 Å². The third kappa shape index (κ3) is 3.76. The van der Waals surface area contributed by atoms with E-state index in [-0.39, 0.29) is 17.3 Å². The van der Waals surface area contributed by atoms with Crippen molar-refractivity contribution >= 4 is 27.3 Å². The Morgan fingerprint density at radius 1 is 1.08 bits per heavy atom. The van der Waals surface area contributed by atoms with E-state index in [1.165, 1.54) is 0 Å². The zero-order valence-electron chi connectivity index (χ0n) is 14.2. The molecular formula is C18H21N3O3S. The Morgan fingerprint density at radius 2 is 1.84 bits per heavy atom. The molecule has 0 unspecified atom stereocenters. The summed E-state index contributed by atoms with van der Waals surface area (Å²) < 4.78 is 28.2. The maximum atomic E-state index is 12.8. The number of carbonyl (C=O) groups is 1. The molecule has 2 aromatic carbocycles. The normalized spacial score (nSPS) is 15.0. The molecule has 25 heavy (non-hydrogen) atoms. The van der Waals surface area contributed by atoms with Crippen molar-refractivity contribution in [3.8, 4) is 0 Å². The number of para-hydroxylation sites is 2. The minimum absolute atomic E-state index is 0.0712. The highest BCUT2D eigenvalue weighted by molar-refractivity contribution is 7.92. The van der Waals surface area contributed by atoms with Gasteiger partial charge in [0.05, 0.1) is 22.8 Å². The number of nitrogens with zero attached hydrogens (tertiary/aromatic N) is 1. The van der Waals surface area contributed by atoms with Gasteiger partial charge in [0.2, 0.25) is 5.91 Å². The average molecular weight is 359 g/mol. The SMILES string of the molecule is Cc1ccc(S(=O)(=O)Nc2ccccc2N2CCNC(=O)C2)cc1C.